The lowest BCUT2D eigenvalue weighted by Crippen LogP contribution is -2.26. The van der Waals surface area contributed by atoms with Crippen molar-refractivity contribution in [2.75, 3.05) is 20.4 Å². The molecule has 0 saturated heterocycles. The summed E-state index contributed by atoms with van der Waals surface area (Å²) < 4.78 is 13.7. The van der Waals surface area contributed by atoms with Gasteiger partial charge in [-0.15, -0.1) is 16.2 Å². The number of amides is 2. The number of hydrogen-bond acceptors (Lipinski definition) is 6. The minimum atomic E-state index is -1.66. The van der Waals surface area contributed by atoms with E-state index in [0.29, 0.717) is 21.5 Å². The monoisotopic (exact) mass is 269 g/mol. The van der Waals surface area contributed by atoms with E-state index in [-0.39, 0.29) is 0 Å². The van der Waals surface area contributed by atoms with Crippen LogP contribution in [0.4, 0.5) is 14.0 Å². The second-order valence-corrected chi connectivity index (χ2v) is 4.76. The Balaban J connectivity index is 4.14. The van der Waals surface area contributed by atoms with E-state index in [1.807, 2.05) is 0 Å². The van der Waals surface area contributed by atoms with Crippen LogP contribution in [0.5, 0.6) is 0 Å². The highest BCUT2D eigenvalue weighted by molar-refractivity contribution is 8.13. The Labute approximate surface area is 101 Å². The Morgan fingerprint density at radius 1 is 1.31 bits per heavy atom. The maximum Gasteiger partial charge on any atom is 0.447 e. The van der Waals surface area contributed by atoms with Gasteiger partial charge < -0.3 is 0 Å². The Hall–Kier alpha value is -0.960. The van der Waals surface area contributed by atoms with Gasteiger partial charge in [-0.05, 0) is 13.2 Å². The van der Waals surface area contributed by atoms with Crippen LogP contribution in [0.15, 0.2) is 5.16 Å². The lowest BCUT2D eigenvalue weighted by molar-refractivity contribution is 0.136. The van der Waals surface area contributed by atoms with Crippen LogP contribution in [0.25, 0.3) is 0 Å². The molecule has 0 heterocycles. The molecule has 0 fully saturated rings. The summed E-state index contributed by atoms with van der Waals surface area (Å²) in [7, 11) is 2.52. The fourth-order valence-corrected chi connectivity index (χ4v) is 1.09. The molecule has 0 N–H and O–H groups in total. The van der Waals surface area contributed by atoms with Gasteiger partial charge in [0.2, 0.25) is 0 Å². The van der Waals surface area contributed by atoms with Gasteiger partial charge in [0.05, 0.1) is 12.1 Å². The molecule has 0 aromatic heterocycles. The largest absolute Gasteiger partial charge is 0.447 e. The molecule has 6 nitrogen and oxygen atoms in total. The highest BCUT2D eigenvalue weighted by atomic mass is 32.2. The van der Waals surface area contributed by atoms with Gasteiger partial charge in [-0.1, -0.05) is 5.16 Å². The van der Waals surface area contributed by atoms with E-state index in [1.165, 1.54) is 25.9 Å². The molecule has 9 heteroatoms. The molecule has 0 spiro atoms. The number of rotatable bonds is 3. The SMILES string of the molecule is CSC(C)=NOC(=O)N(C)SN(C)C(=O)F. The fraction of sp³-hybridized carbons (Fsp3) is 0.571. The Bertz CT molecular complexity index is 301. The molecule has 0 rings (SSSR count). The zero-order valence-electron chi connectivity index (χ0n) is 9.26. The molecule has 92 valence electrons. The maximum atomic E-state index is 12.1. The van der Waals surface area contributed by atoms with Gasteiger partial charge in [0.25, 0.3) is 0 Å². The average molecular weight is 269 g/mol. The van der Waals surface area contributed by atoms with Crippen LogP contribution in [0.3, 0.4) is 0 Å². The minimum absolute atomic E-state index is 0.567. The molecular formula is C7H12FN3O3S2. The second-order valence-electron chi connectivity index (χ2n) is 2.50. The quantitative estimate of drug-likeness (QED) is 0.150. The van der Waals surface area contributed by atoms with Gasteiger partial charge in [0.15, 0.2) is 0 Å². The molecule has 0 aromatic carbocycles. The van der Waals surface area contributed by atoms with Crippen LogP contribution in [0.1, 0.15) is 6.92 Å². The summed E-state index contributed by atoms with van der Waals surface area (Å²) in [6.45, 7) is 1.67. The van der Waals surface area contributed by atoms with E-state index >= 15 is 0 Å². The van der Waals surface area contributed by atoms with Crippen LogP contribution < -0.4 is 0 Å². The molecule has 0 unspecified atom stereocenters. The number of nitrogens with zero attached hydrogens (tertiary/aromatic N) is 3. The summed E-state index contributed by atoms with van der Waals surface area (Å²) in [6, 6.07) is 0. The lowest BCUT2D eigenvalue weighted by atomic mass is 10.9. The van der Waals surface area contributed by atoms with Crippen molar-refractivity contribution in [1.82, 2.24) is 8.61 Å². The number of carbonyl (C=O) groups is 2. The summed E-state index contributed by atoms with van der Waals surface area (Å²) in [5.41, 5.74) is 0. The van der Waals surface area contributed by atoms with Crippen LogP contribution in [-0.4, -0.2) is 46.3 Å². The number of hydrogen-bond donors (Lipinski definition) is 0. The highest BCUT2D eigenvalue weighted by Crippen LogP contribution is 2.14. The van der Waals surface area contributed by atoms with Gasteiger partial charge in [-0.25, -0.2) is 18.2 Å². The molecule has 0 aliphatic heterocycles. The van der Waals surface area contributed by atoms with Crippen LogP contribution in [0.2, 0.25) is 0 Å². The fourth-order valence-electron chi connectivity index (χ4n) is 0.447. The summed E-state index contributed by atoms with van der Waals surface area (Å²) in [4.78, 5) is 26.0. The summed E-state index contributed by atoms with van der Waals surface area (Å²) >= 11 is 1.89. The average Bonchev–Trinajstić information content (AvgIpc) is 2.24. The van der Waals surface area contributed by atoms with Crippen molar-refractivity contribution in [3.63, 3.8) is 0 Å². The van der Waals surface area contributed by atoms with Crippen molar-refractivity contribution in [3.05, 3.63) is 0 Å². The number of halogens is 1. The maximum absolute atomic E-state index is 12.1. The Morgan fingerprint density at radius 3 is 2.31 bits per heavy atom. The zero-order valence-corrected chi connectivity index (χ0v) is 10.9. The summed E-state index contributed by atoms with van der Waals surface area (Å²) in [5.74, 6) is 0. The predicted octanol–water partition coefficient (Wildman–Crippen LogP) is 2.34. The molecule has 0 atom stereocenters. The van der Waals surface area contributed by atoms with Gasteiger partial charge in [-0.3, -0.25) is 4.84 Å². The molecular weight excluding hydrogens is 257 g/mol. The van der Waals surface area contributed by atoms with E-state index < -0.39 is 12.3 Å². The first-order valence-electron chi connectivity index (χ1n) is 4.03. The first-order chi connectivity index (χ1) is 7.38. The normalized spacial score (nSPS) is 10.9. The van der Waals surface area contributed by atoms with Crippen molar-refractivity contribution in [2.24, 2.45) is 5.16 Å². The van der Waals surface area contributed by atoms with Gasteiger partial charge in [-0.2, -0.15) is 0 Å². The summed E-state index contributed by atoms with van der Waals surface area (Å²) in [6.07, 6.45) is -0.680. The molecule has 0 bridgehead atoms. The molecule has 2 amide bonds. The first kappa shape index (κ1) is 15.0. The summed E-state index contributed by atoms with van der Waals surface area (Å²) in [5, 5.41) is 4.06. The van der Waals surface area contributed by atoms with Crippen molar-refractivity contribution >= 4 is 41.2 Å². The van der Waals surface area contributed by atoms with Gasteiger partial charge in [0.1, 0.15) is 5.04 Å². The Morgan fingerprint density at radius 2 is 1.88 bits per heavy atom. The third kappa shape index (κ3) is 5.81. The molecule has 16 heavy (non-hydrogen) atoms. The van der Waals surface area contributed by atoms with Crippen molar-refractivity contribution in [1.29, 1.82) is 0 Å². The van der Waals surface area contributed by atoms with Crippen LogP contribution in [0, 0.1) is 0 Å². The van der Waals surface area contributed by atoms with E-state index in [4.69, 9.17) is 0 Å². The number of thioether (sulfide) groups is 1. The van der Waals surface area contributed by atoms with Crippen molar-refractivity contribution in [2.45, 2.75) is 6.92 Å². The van der Waals surface area contributed by atoms with E-state index in [9.17, 15) is 14.0 Å². The van der Waals surface area contributed by atoms with Crippen molar-refractivity contribution < 1.29 is 18.8 Å². The smallest absolute Gasteiger partial charge is 0.296 e. The third-order valence-corrected chi connectivity index (χ3v) is 2.75. The van der Waals surface area contributed by atoms with Gasteiger partial charge >= 0.3 is 12.3 Å². The first-order valence-corrected chi connectivity index (χ1v) is 5.98. The lowest BCUT2D eigenvalue weighted by Gasteiger charge is -2.17. The zero-order chi connectivity index (χ0) is 12.7. The predicted molar refractivity (Wildman–Crippen MR) is 62.7 cm³/mol. The van der Waals surface area contributed by atoms with E-state index in [0.717, 1.165) is 4.31 Å². The number of carbonyl (C=O) groups excluding carboxylic acids is 2. The Kier molecular flexibility index (Phi) is 6.90. The van der Waals surface area contributed by atoms with E-state index in [2.05, 4.69) is 9.99 Å². The van der Waals surface area contributed by atoms with Crippen molar-refractivity contribution in [3.8, 4) is 0 Å². The molecule has 0 aromatic rings. The minimum Gasteiger partial charge on any atom is -0.296 e. The molecule has 0 aliphatic carbocycles. The third-order valence-electron chi connectivity index (χ3n) is 1.30. The second kappa shape index (κ2) is 7.34. The molecule has 0 aliphatic rings. The highest BCUT2D eigenvalue weighted by Gasteiger charge is 2.17. The van der Waals surface area contributed by atoms with Crippen LogP contribution >= 0.6 is 23.9 Å². The molecule has 0 radical (unpaired) electrons. The van der Waals surface area contributed by atoms with E-state index in [1.54, 1.807) is 13.2 Å². The number of oxime groups is 1. The van der Waals surface area contributed by atoms with Gasteiger partial charge in [0, 0.05) is 14.1 Å². The van der Waals surface area contributed by atoms with Crippen LogP contribution in [-0.2, 0) is 4.84 Å². The topological polar surface area (TPSA) is 62.2 Å². The standard InChI is InChI=1S/C7H12FN3O3S2/c1-5(15-4)9-14-7(13)11(3)16-10(2)6(8)12/h1-4H3. The molecule has 0 saturated carbocycles.